The number of likely N-dealkylation sites (N-methyl/N-ethyl adjacent to an activating group) is 1. The maximum atomic E-state index is 14.1. The molecule has 18 atom stereocenters. The first-order valence-corrected chi connectivity index (χ1v) is 18.5. The Balaban J connectivity index is 2.18. The predicted octanol–water partition coefficient (Wildman–Crippen LogP) is 1.79. The normalized spacial score (nSPS) is 49.7. The molecule has 51 heavy (non-hydrogen) atoms. The van der Waals surface area contributed by atoms with E-state index in [1.54, 1.807) is 41.5 Å². The van der Waals surface area contributed by atoms with Gasteiger partial charge in [0, 0.05) is 37.3 Å². The van der Waals surface area contributed by atoms with Crippen molar-refractivity contribution >= 4 is 11.8 Å². The maximum Gasteiger partial charge on any atom is 0.311 e. The molecule has 14 nitrogen and oxygen atoms in total. The smallest absolute Gasteiger partial charge is 0.311 e. The molecule has 298 valence electrons. The highest BCUT2D eigenvalue weighted by molar-refractivity contribution is 5.83. The number of nitrogens with zero attached hydrogens (tertiary/aromatic N) is 1. The summed E-state index contributed by atoms with van der Waals surface area (Å²) in [6.07, 6.45) is -9.71. The molecule has 0 radical (unpaired) electrons. The van der Waals surface area contributed by atoms with Crippen molar-refractivity contribution in [2.75, 3.05) is 21.2 Å². The second kappa shape index (κ2) is 17.0. The Bertz CT molecular complexity index is 1170. The Morgan fingerprint density at radius 3 is 2.04 bits per heavy atom. The van der Waals surface area contributed by atoms with Gasteiger partial charge in [-0.1, -0.05) is 27.7 Å². The van der Waals surface area contributed by atoms with Crippen LogP contribution in [0.2, 0.25) is 0 Å². The van der Waals surface area contributed by atoms with E-state index < -0.39 is 108 Å². The van der Waals surface area contributed by atoms with Gasteiger partial charge in [-0.05, 0) is 74.9 Å². The van der Waals surface area contributed by atoms with Crippen molar-refractivity contribution < 1.29 is 63.5 Å². The minimum Gasteiger partial charge on any atom is -0.459 e. The molecular weight excluding hydrogens is 666 g/mol. The molecule has 0 bridgehead atoms. The van der Waals surface area contributed by atoms with E-state index in [0.717, 1.165) is 0 Å². The standard InChI is InChI=1S/C37H67NO13/c1-14-25-37(10,45)30(41)20(4)27(39)18(2)16-35(8,44)32(51-34-28(40)24(38(11)12)15-19(3)47-34)21(5)29(22(6)33(43)49-25)50-26-17-36(9,46-13)31(42)23(7)48-26/h18-26,28-32,34,40-42,44-45H,14-17H2,1-13H3/t18-,19+,20+,21+,22-,23+,24-,25-,26+,28+,29+,30-,31+,32-,34-,35-,36-,37-/m1/s1. The zero-order valence-corrected chi connectivity index (χ0v) is 32.9. The fourth-order valence-electron chi connectivity index (χ4n) is 8.41. The van der Waals surface area contributed by atoms with E-state index in [4.69, 9.17) is 28.4 Å². The lowest BCUT2D eigenvalue weighted by molar-refractivity contribution is -0.318. The molecule has 0 aromatic rings. The molecular formula is C37H67NO13. The number of cyclic esters (lactones) is 1. The molecule has 3 aliphatic rings. The van der Waals surface area contributed by atoms with E-state index >= 15 is 0 Å². The summed E-state index contributed by atoms with van der Waals surface area (Å²) in [4.78, 5) is 29.8. The third-order valence-electron chi connectivity index (χ3n) is 11.8. The van der Waals surface area contributed by atoms with Crippen LogP contribution in [0.1, 0.15) is 94.9 Å². The second-order valence-electron chi connectivity index (χ2n) is 16.5. The molecule has 0 aromatic carbocycles. The first-order valence-electron chi connectivity index (χ1n) is 18.5. The second-order valence-corrected chi connectivity index (χ2v) is 16.5. The van der Waals surface area contributed by atoms with Gasteiger partial charge >= 0.3 is 5.97 Å². The van der Waals surface area contributed by atoms with Crippen molar-refractivity contribution in [1.82, 2.24) is 4.90 Å². The summed E-state index contributed by atoms with van der Waals surface area (Å²) >= 11 is 0. The van der Waals surface area contributed by atoms with Crippen LogP contribution >= 0.6 is 0 Å². The topological polar surface area (TPSA) is 194 Å². The molecule has 3 fully saturated rings. The number of hydrogen-bond donors (Lipinski definition) is 5. The third-order valence-corrected chi connectivity index (χ3v) is 11.8. The lowest BCUT2D eigenvalue weighted by atomic mass is 9.74. The highest BCUT2D eigenvalue weighted by atomic mass is 16.7. The molecule has 3 saturated heterocycles. The lowest BCUT2D eigenvalue weighted by Gasteiger charge is -2.49. The molecule has 3 aliphatic heterocycles. The average Bonchev–Trinajstić information content (AvgIpc) is 3.05. The maximum absolute atomic E-state index is 14.1. The van der Waals surface area contributed by atoms with Crippen molar-refractivity contribution in [3.8, 4) is 0 Å². The largest absolute Gasteiger partial charge is 0.459 e. The van der Waals surface area contributed by atoms with Crippen LogP contribution < -0.4 is 0 Å². The SMILES string of the molecule is CC[C@H]1OC(=O)[C@H](C)[C@@H](O[C@H]2C[C@@](C)(OC)[C@@H](O)[C@H](C)O2)[C@H](C)[C@@H](O[C@H]2O[C@@H](C)C[C@@H](N(C)C)[C@@H]2O)[C@](C)(O)C[C@@H](C)C(=O)[C@H](C)[C@@H](O)[C@]1(C)O. The van der Waals surface area contributed by atoms with Gasteiger partial charge in [-0.3, -0.25) is 9.59 Å². The van der Waals surface area contributed by atoms with Crippen molar-refractivity contribution in [3.63, 3.8) is 0 Å². The molecule has 14 heteroatoms. The molecule has 5 N–H and O–H groups in total. The number of carbonyl (C=O) groups excluding carboxylic acids is 2. The number of hydrogen-bond acceptors (Lipinski definition) is 14. The van der Waals surface area contributed by atoms with Crippen molar-refractivity contribution in [2.45, 2.75) is 179 Å². The summed E-state index contributed by atoms with van der Waals surface area (Å²) in [6, 6.07) is -0.324. The Morgan fingerprint density at radius 2 is 1.49 bits per heavy atom. The van der Waals surface area contributed by atoms with Gasteiger partial charge in [0.2, 0.25) is 0 Å². The van der Waals surface area contributed by atoms with Gasteiger partial charge in [0.1, 0.15) is 29.7 Å². The van der Waals surface area contributed by atoms with E-state index in [9.17, 15) is 35.1 Å². The van der Waals surface area contributed by atoms with Gasteiger partial charge in [0.25, 0.3) is 0 Å². The number of rotatable bonds is 7. The van der Waals surface area contributed by atoms with E-state index in [1.807, 2.05) is 25.9 Å². The van der Waals surface area contributed by atoms with Gasteiger partial charge in [-0.15, -0.1) is 0 Å². The quantitative estimate of drug-likeness (QED) is 0.238. The summed E-state index contributed by atoms with van der Waals surface area (Å²) in [6.45, 7) is 16.3. The van der Waals surface area contributed by atoms with Crippen LogP contribution in [0, 0.1) is 23.7 Å². The van der Waals surface area contributed by atoms with Crippen molar-refractivity contribution in [2.24, 2.45) is 23.7 Å². The zero-order chi connectivity index (χ0) is 39.0. The van der Waals surface area contributed by atoms with E-state index in [0.29, 0.717) is 6.42 Å². The molecule has 3 heterocycles. The van der Waals surface area contributed by atoms with E-state index in [1.165, 1.54) is 27.9 Å². The fourth-order valence-corrected chi connectivity index (χ4v) is 8.41. The zero-order valence-electron chi connectivity index (χ0n) is 32.9. The van der Waals surface area contributed by atoms with Crippen molar-refractivity contribution in [3.05, 3.63) is 0 Å². The number of methoxy groups -OCH3 is 1. The monoisotopic (exact) mass is 733 g/mol. The van der Waals surface area contributed by atoms with Gasteiger partial charge in [-0.2, -0.15) is 0 Å². The molecule has 0 amide bonds. The van der Waals surface area contributed by atoms with Crippen molar-refractivity contribution in [1.29, 1.82) is 0 Å². The number of aliphatic hydroxyl groups is 5. The minimum absolute atomic E-state index is 0.0936. The highest BCUT2D eigenvalue weighted by Crippen LogP contribution is 2.40. The molecule has 0 unspecified atom stereocenters. The molecule has 0 aromatic heterocycles. The Labute approximate surface area is 304 Å². The summed E-state index contributed by atoms with van der Waals surface area (Å²) in [5, 5.41) is 57.6. The Morgan fingerprint density at radius 1 is 0.882 bits per heavy atom. The lowest BCUT2D eigenvalue weighted by Crippen LogP contribution is -2.61. The fraction of sp³-hybridized carbons (Fsp3) is 0.946. The molecule has 3 rings (SSSR count). The number of ketones is 1. The first kappa shape index (κ1) is 44.1. The molecule has 0 spiro atoms. The number of esters is 1. The summed E-state index contributed by atoms with van der Waals surface area (Å²) in [5.74, 6) is -4.98. The van der Waals surface area contributed by atoms with Crippen LogP contribution in [0.5, 0.6) is 0 Å². The van der Waals surface area contributed by atoms with Gasteiger partial charge in [-0.25, -0.2) is 0 Å². The van der Waals surface area contributed by atoms with Crippen LogP contribution in [0.15, 0.2) is 0 Å². The number of Topliss-reactive ketones (excluding diaryl/α,β-unsaturated/α-hetero) is 1. The minimum atomic E-state index is -1.99. The predicted molar refractivity (Wildman–Crippen MR) is 186 cm³/mol. The van der Waals surface area contributed by atoms with E-state index in [-0.39, 0.29) is 31.4 Å². The van der Waals surface area contributed by atoms with Crippen LogP contribution in [0.25, 0.3) is 0 Å². The molecule has 0 aliphatic carbocycles. The Kier molecular flexibility index (Phi) is 14.7. The van der Waals surface area contributed by atoms with Crippen LogP contribution in [-0.2, 0) is 38.0 Å². The first-order chi connectivity index (χ1) is 23.4. The number of ether oxygens (including phenoxy) is 6. The third kappa shape index (κ3) is 9.51. The average molecular weight is 734 g/mol. The summed E-state index contributed by atoms with van der Waals surface area (Å²) in [5.41, 5.74) is -4.84. The van der Waals surface area contributed by atoms with E-state index in [2.05, 4.69) is 0 Å². The van der Waals surface area contributed by atoms with Crippen LogP contribution in [0.3, 0.4) is 0 Å². The van der Waals surface area contributed by atoms with Gasteiger partial charge in [0.15, 0.2) is 12.6 Å². The number of aliphatic hydroxyl groups excluding tert-OH is 3. The summed E-state index contributed by atoms with van der Waals surface area (Å²) in [7, 11) is 5.18. The molecule has 0 saturated carbocycles. The highest BCUT2D eigenvalue weighted by Gasteiger charge is 2.53. The number of carbonyl (C=O) groups is 2. The van der Waals surface area contributed by atoms with Gasteiger partial charge < -0.3 is 58.9 Å². The van der Waals surface area contributed by atoms with Gasteiger partial charge in [0.05, 0.1) is 47.6 Å². The van der Waals surface area contributed by atoms with Crippen LogP contribution in [-0.4, -0.2) is 148 Å². The van der Waals surface area contributed by atoms with Crippen LogP contribution in [0.4, 0.5) is 0 Å². The summed E-state index contributed by atoms with van der Waals surface area (Å²) < 4.78 is 37.1. The Hall–Kier alpha value is -1.30.